The van der Waals surface area contributed by atoms with Crippen LogP contribution in [0.15, 0.2) is 42.6 Å². The number of rotatable bonds is 6. The number of carbonyl (C=O) groups is 1. The first kappa shape index (κ1) is 16.1. The molecule has 24 heavy (non-hydrogen) atoms. The number of hydrogen-bond donors (Lipinski definition) is 2. The van der Waals surface area contributed by atoms with Gasteiger partial charge in [0.15, 0.2) is 5.65 Å². The first-order chi connectivity index (χ1) is 11.6. The highest BCUT2D eigenvalue weighted by Gasteiger charge is 2.13. The second-order valence-electron chi connectivity index (χ2n) is 5.94. The molecule has 5 heteroatoms. The highest BCUT2D eigenvalue weighted by molar-refractivity contribution is 5.90. The number of nitrogens with zero attached hydrogens (tertiary/aromatic N) is 2. The van der Waals surface area contributed by atoms with Crippen LogP contribution in [-0.4, -0.2) is 27.0 Å². The Bertz CT molecular complexity index is 869. The molecule has 3 rings (SSSR count). The monoisotopic (exact) mass is 323 g/mol. The maximum absolute atomic E-state index is 11.4. The van der Waals surface area contributed by atoms with Gasteiger partial charge in [0.2, 0.25) is 0 Å². The van der Waals surface area contributed by atoms with Crippen molar-refractivity contribution in [2.75, 3.05) is 11.9 Å². The van der Waals surface area contributed by atoms with Crippen molar-refractivity contribution in [2.45, 2.75) is 26.7 Å². The van der Waals surface area contributed by atoms with Gasteiger partial charge in [0.05, 0.1) is 16.9 Å². The number of aryl methyl sites for hydroxylation is 3. The largest absolute Gasteiger partial charge is 0.478 e. The molecule has 0 radical (unpaired) electrons. The molecule has 0 amide bonds. The van der Waals surface area contributed by atoms with E-state index >= 15 is 0 Å². The van der Waals surface area contributed by atoms with Gasteiger partial charge in [0.25, 0.3) is 0 Å². The zero-order chi connectivity index (χ0) is 17.1. The van der Waals surface area contributed by atoms with Crippen molar-refractivity contribution in [3.63, 3.8) is 0 Å². The van der Waals surface area contributed by atoms with E-state index in [4.69, 9.17) is 0 Å². The Kier molecular flexibility index (Phi) is 4.51. The molecule has 3 aromatic rings. The topological polar surface area (TPSA) is 66.6 Å². The lowest BCUT2D eigenvalue weighted by atomic mass is 10.1. The summed E-state index contributed by atoms with van der Waals surface area (Å²) in [7, 11) is 0. The Labute approximate surface area is 141 Å². The lowest BCUT2D eigenvalue weighted by molar-refractivity contribution is 0.0696. The number of hydrogen-bond acceptors (Lipinski definition) is 3. The van der Waals surface area contributed by atoms with E-state index in [9.17, 15) is 9.90 Å². The van der Waals surface area contributed by atoms with Crippen LogP contribution in [0.5, 0.6) is 0 Å². The van der Waals surface area contributed by atoms with Crippen LogP contribution in [-0.2, 0) is 6.42 Å². The molecule has 0 fully saturated rings. The molecule has 0 saturated carbocycles. The first-order valence-corrected chi connectivity index (χ1v) is 8.06. The Morgan fingerprint density at radius 3 is 2.71 bits per heavy atom. The molecular formula is C19H21N3O2. The third kappa shape index (κ3) is 3.25. The number of fused-ring (bicyclic) bond motifs is 1. The predicted molar refractivity (Wildman–Crippen MR) is 94.9 cm³/mol. The minimum absolute atomic E-state index is 0.258. The standard InChI is InChI=1S/C19H21N3O2/c1-13-14(2)22-12-16(19(23)24)11-17(18(22)21-13)20-10-6-9-15-7-4-3-5-8-15/h3-5,7-8,11-12,20H,6,9-10H2,1-2H3,(H,23,24). The summed E-state index contributed by atoms with van der Waals surface area (Å²) in [5, 5.41) is 12.7. The maximum Gasteiger partial charge on any atom is 0.337 e. The fourth-order valence-electron chi connectivity index (χ4n) is 2.78. The van der Waals surface area contributed by atoms with E-state index < -0.39 is 5.97 Å². The number of carboxylic acid groups (broad SMARTS) is 1. The van der Waals surface area contributed by atoms with E-state index in [1.807, 2.05) is 36.4 Å². The molecular weight excluding hydrogens is 302 g/mol. The van der Waals surface area contributed by atoms with Crippen molar-refractivity contribution in [2.24, 2.45) is 0 Å². The van der Waals surface area contributed by atoms with Gasteiger partial charge < -0.3 is 14.8 Å². The van der Waals surface area contributed by atoms with Gasteiger partial charge in [-0.2, -0.15) is 0 Å². The summed E-state index contributed by atoms with van der Waals surface area (Å²) >= 11 is 0. The van der Waals surface area contributed by atoms with Gasteiger partial charge in [-0.15, -0.1) is 0 Å². The van der Waals surface area contributed by atoms with Crippen LogP contribution in [0.2, 0.25) is 0 Å². The molecule has 0 aliphatic rings. The number of aromatic nitrogens is 2. The normalized spacial score (nSPS) is 10.9. The van der Waals surface area contributed by atoms with Crippen molar-refractivity contribution in [3.8, 4) is 0 Å². The fraction of sp³-hybridized carbons (Fsp3) is 0.263. The van der Waals surface area contributed by atoms with E-state index in [0.29, 0.717) is 0 Å². The third-order valence-electron chi connectivity index (χ3n) is 4.24. The van der Waals surface area contributed by atoms with Crippen molar-refractivity contribution in [1.29, 1.82) is 0 Å². The molecule has 5 nitrogen and oxygen atoms in total. The zero-order valence-corrected chi connectivity index (χ0v) is 13.9. The molecule has 0 saturated heterocycles. The van der Waals surface area contributed by atoms with Gasteiger partial charge in [-0.25, -0.2) is 9.78 Å². The molecule has 124 valence electrons. The fourth-order valence-corrected chi connectivity index (χ4v) is 2.78. The van der Waals surface area contributed by atoms with E-state index in [-0.39, 0.29) is 5.56 Å². The molecule has 2 N–H and O–H groups in total. The lowest BCUT2D eigenvalue weighted by Gasteiger charge is -2.10. The molecule has 0 bridgehead atoms. The molecule has 0 spiro atoms. The third-order valence-corrected chi connectivity index (χ3v) is 4.24. The number of carboxylic acids is 1. The molecule has 0 aliphatic carbocycles. The molecule has 0 unspecified atom stereocenters. The summed E-state index contributed by atoms with van der Waals surface area (Å²) < 4.78 is 1.85. The van der Waals surface area contributed by atoms with E-state index in [1.54, 1.807) is 12.3 Å². The Hall–Kier alpha value is -2.82. The Morgan fingerprint density at radius 2 is 2.00 bits per heavy atom. The highest BCUT2D eigenvalue weighted by Crippen LogP contribution is 2.22. The summed E-state index contributed by atoms with van der Waals surface area (Å²) in [6, 6.07) is 12.0. The highest BCUT2D eigenvalue weighted by atomic mass is 16.4. The van der Waals surface area contributed by atoms with Gasteiger partial charge in [-0.1, -0.05) is 30.3 Å². The quantitative estimate of drug-likeness (QED) is 0.679. The number of pyridine rings is 1. The average Bonchev–Trinajstić information content (AvgIpc) is 2.87. The summed E-state index contributed by atoms with van der Waals surface area (Å²) in [6.07, 6.45) is 3.57. The van der Waals surface area contributed by atoms with Crippen molar-refractivity contribution in [3.05, 3.63) is 65.1 Å². The Balaban J connectivity index is 1.78. The summed E-state index contributed by atoms with van der Waals surface area (Å²) in [5.74, 6) is -0.935. The first-order valence-electron chi connectivity index (χ1n) is 8.06. The number of benzene rings is 1. The molecule has 2 aromatic heterocycles. The van der Waals surface area contributed by atoms with E-state index in [0.717, 1.165) is 42.1 Å². The number of aromatic carboxylic acids is 1. The average molecular weight is 323 g/mol. The molecule has 2 heterocycles. The van der Waals surface area contributed by atoms with Crippen LogP contribution >= 0.6 is 0 Å². The van der Waals surface area contributed by atoms with Crippen LogP contribution in [0, 0.1) is 13.8 Å². The van der Waals surface area contributed by atoms with Crippen molar-refractivity contribution in [1.82, 2.24) is 9.38 Å². The van der Waals surface area contributed by atoms with Crippen molar-refractivity contribution < 1.29 is 9.90 Å². The number of imidazole rings is 1. The van der Waals surface area contributed by atoms with E-state index in [1.165, 1.54) is 5.56 Å². The Morgan fingerprint density at radius 1 is 1.25 bits per heavy atom. The van der Waals surface area contributed by atoms with Crippen LogP contribution in [0.4, 0.5) is 5.69 Å². The summed E-state index contributed by atoms with van der Waals surface area (Å²) in [6.45, 7) is 4.64. The summed E-state index contributed by atoms with van der Waals surface area (Å²) in [5.41, 5.74) is 4.96. The van der Waals surface area contributed by atoms with Crippen molar-refractivity contribution >= 4 is 17.3 Å². The second kappa shape index (κ2) is 6.74. The number of anilines is 1. The summed E-state index contributed by atoms with van der Waals surface area (Å²) in [4.78, 5) is 15.9. The van der Waals surface area contributed by atoms with Crippen LogP contribution < -0.4 is 5.32 Å². The molecule has 1 aromatic carbocycles. The van der Waals surface area contributed by atoms with Gasteiger partial charge in [0, 0.05) is 18.4 Å². The van der Waals surface area contributed by atoms with Crippen LogP contribution in [0.3, 0.4) is 0 Å². The van der Waals surface area contributed by atoms with Gasteiger partial charge >= 0.3 is 5.97 Å². The molecule has 0 atom stereocenters. The predicted octanol–water partition coefficient (Wildman–Crippen LogP) is 3.69. The molecule has 0 aliphatic heterocycles. The van der Waals surface area contributed by atoms with Gasteiger partial charge in [-0.3, -0.25) is 0 Å². The van der Waals surface area contributed by atoms with Gasteiger partial charge in [-0.05, 0) is 38.3 Å². The minimum atomic E-state index is -0.935. The lowest BCUT2D eigenvalue weighted by Crippen LogP contribution is -2.08. The smallest absolute Gasteiger partial charge is 0.337 e. The minimum Gasteiger partial charge on any atom is -0.478 e. The zero-order valence-electron chi connectivity index (χ0n) is 13.9. The van der Waals surface area contributed by atoms with Crippen LogP contribution in [0.25, 0.3) is 5.65 Å². The van der Waals surface area contributed by atoms with Crippen LogP contribution in [0.1, 0.15) is 33.7 Å². The SMILES string of the molecule is Cc1nc2c(NCCCc3ccccc3)cc(C(=O)O)cn2c1C. The number of nitrogens with one attached hydrogen (secondary N) is 1. The second-order valence-corrected chi connectivity index (χ2v) is 5.94. The maximum atomic E-state index is 11.4. The van der Waals surface area contributed by atoms with Gasteiger partial charge in [0.1, 0.15) is 0 Å². The van der Waals surface area contributed by atoms with E-state index in [2.05, 4.69) is 22.4 Å².